The fraction of sp³-hybridized carbons (Fsp3) is 0.833. The van der Waals surface area contributed by atoms with Gasteiger partial charge in [0.15, 0.2) is 0 Å². The molecule has 1 fully saturated rings. The average Bonchev–Trinajstić information content (AvgIpc) is 2.61. The van der Waals surface area contributed by atoms with Crippen molar-refractivity contribution < 1.29 is 9.59 Å². The van der Waals surface area contributed by atoms with E-state index in [0.717, 1.165) is 13.0 Å². The molecule has 2 unspecified atom stereocenters. The van der Waals surface area contributed by atoms with Crippen LogP contribution >= 0.6 is 0 Å². The van der Waals surface area contributed by atoms with Crippen LogP contribution in [0.3, 0.4) is 0 Å². The maximum Gasteiger partial charge on any atom is 0.240 e. The number of nitrogens with one attached hydrogen (secondary N) is 2. The topological polar surface area (TPSA) is 61.4 Å². The van der Waals surface area contributed by atoms with E-state index in [9.17, 15) is 9.59 Å². The van der Waals surface area contributed by atoms with Crippen LogP contribution in [0.2, 0.25) is 0 Å². The number of likely N-dealkylation sites (N-methyl/N-ethyl adjacent to an activating group) is 1. The second kappa shape index (κ2) is 6.00. The Morgan fingerprint density at radius 1 is 1.47 bits per heavy atom. The maximum absolute atomic E-state index is 12.1. The van der Waals surface area contributed by atoms with E-state index in [-0.39, 0.29) is 30.4 Å². The summed E-state index contributed by atoms with van der Waals surface area (Å²) >= 11 is 0. The lowest BCUT2D eigenvalue weighted by atomic mass is 10.0. The first-order valence-corrected chi connectivity index (χ1v) is 6.19. The minimum Gasteiger partial charge on any atom is -0.352 e. The highest BCUT2D eigenvalue weighted by molar-refractivity contribution is 5.87. The Labute approximate surface area is 103 Å². The number of amides is 2. The highest BCUT2D eigenvalue weighted by Gasteiger charge is 2.31. The van der Waals surface area contributed by atoms with Crippen LogP contribution < -0.4 is 10.6 Å². The number of rotatable bonds is 4. The molecular weight excluding hydrogens is 218 g/mol. The molecule has 0 aliphatic carbocycles. The van der Waals surface area contributed by atoms with E-state index < -0.39 is 0 Å². The monoisotopic (exact) mass is 241 g/mol. The molecule has 0 aromatic carbocycles. The van der Waals surface area contributed by atoms with Gasteiger partial charge in [-0.05, 0) is 32.7 Å². The molecule has 1 rings (SSSR count). The summed E-state index contributed by atoms with van der Waals surface area (Å²) in [5.41, 5.74) is 0. The van der Waals surface area contributed by atoms with Gasteiger partial charge in [-0.3, -0.25) is 9.59 Å². The third kappa shape index (κ3) is 4.00. The number of nitrogens with zero attached hydrogens (tertiary/aromatic N) is 1. The van der Waals surface area contributed by atoms with Gasteiger partial charge in [0.1, 0.15) is 0 Å². The SMILES string of the molecule is CC(C)NC(=O)CN(C)C(=O)C1NCCC1C. The molecule has 1 saturated heterocycles. The lowest BCUT2D eigenvalue weighted by molar-refractivity contribution is -0.136. The Bertz CT molecular complexity index is 291. The summed E-state index contributed by atoms with van der Waals surface area (Å²) in [6, 6.07) is -0.0265. The van der Waals surface area contributed by atoms with Gasteiger partial charge in [-0.2, -0.15) is 0 Å². The highest BCUT2D eigenvalue weighted by Crippen LogP contribution is 2.15. The van der Waals surface area contributed by atoms with Crippen molar-refractivity contribution in [2.45, 2.75) is 39.3 Å². The lowest BCUT2D eigenvalue weighted by Crippen LogP contribution is -2.48. The van der Waals surface area contributed by atoms with E-state index in [1.165, 1.54) is 4.90 Å². The summed E-state index contributed by atoms with van der Waals surface area (Å²) in [6.07, 6.45) is 1.02. The van der Waals surface area contributed by atoms with Crippen LogP contribution in [0.25, 0.3) is 0 Å². The first-order chi connectivity index (χ1) is 7.91. The molecule has 0 saturated carbocycles. The van der Waals surface area contributed by atoms with Gasteiger partial charge in [0.2, 0.25) is 11.8 Å². The van der Waals surface area contributed by atoms with Crippen molar-refractivity contribution in [3.8, 4) is 0 Å². The molecule has 1 heterocycles. The summed E-state index contributed by atoms with van der Waals surface area (Å²) < 4.78 is 0. The molecule has 1 aliphatic heterocycles. The quantitative estimate of drug-likeness (QED) is 0.726. The van der Waals surface area contributed by atoms with Crippen molar-refractivity contribution >= 4 is 11.8 Å². The first kappa shape index (κ1) is 14.0. The predicted octanol–water partition coefficient (Wildman–Crippen LogP) is -0.0326. The summed E-state index contributed by atoms with van der Waals surface area (Å²) in [5.74, 6) is 0.244. The van der Waals surface area contributed by atoms with Crippen LogP contribution in [-0.4, -0.2) is 48.9 Å². The van der Waals surface area contributed by atoms with E-state index in [1.807, 2.05) is 13.8 Å². The van der Waals surface area contributed by atoms with Crippen LogP contribution in [0.4, 0.5) is 0 Å². The number of carbonyl (C=O) groups excluding carboxylic acids is 2. The molecule has 17 heavy (non-hydrogen) atoms. The third-order valence-corrected chi connectivity index (χ3v) is 3.01. The van der Waals surface area contributed by atoms with Crippen LogP contribution in [0.15, 0.2) is 0 Å². The van der Waals surface area contributed by atoms with Gasteiger partial charge in [-0.25, -0.2) is 0 Å². The molecule has 5 heteroatoms. The number of carbonyl (C=O) groups is 2. The first-order valence-electron chi connectivity index (χ1n) is 6.19. The molecule has 0 bridgehead atoms. The minimum atomic E-state index is -0.133. The van der Waals surface area contributed by atoms with E-state index >= 15 is 0 Å². The van der Waals surface area contributed by atoms with Gasteiger partial charge >= 0.3 is 0 Å². The molecule has 2 atom stereocenters. The Balaban J connectivity index is 2.44. The van der Waals surface area contributed by atoms with E-state index in [1.54, 1.807) is 7.05 Å². The van der Waals surface area contributed by atoms with Crippen molar-refractivity contribution in [1.82, 2.24) is 15.5 Å². The summed E-state index contributed by atoms with van der Waals surface area (Å²) in [5, 5.41) is 5.96. The molecule has 98 valence electrons. The van der Waals surface area contributed by atoms with Crippen LogP contribution in [0.1, 0.15) is 27.2 Å². The number of hydrogen-bond donors (Lipinski definition) is 2. The van der Waals surface area contributed by atoms with Gasteiger partial charge < -0.3 is 15.5 Å². The van der Waals surface area contributed by atoms with Gasteiger partial charge in [0.25, 0.3) is 0 Å². The van der Waals surface area contributed by atoms with Gasteiger partial charge in [-0.15, -0.1) is 0 Å². The van der Waals surface area contributed by atoms with Crippen molar-refractivity contribution in [2.24, 2.45) is 5.92 Å². The Morgan fingerprint density at radius 3 is 2.59 bits per heavy atom. The van der Waals surface area contributed by atoms with E-state index in [0.29, 0.717) is 5.92 Å². The lowest BCUT2D eigenvalue weighted by Gasteiger charge is -2.23. The largest absolute Gasteiger partial charge is 0.352 e. The van der Waals surface area contributed by atoms with Gasteiger partial charge in [0.05, 0.1) is 12.6 Å². The second-order valence-corrected chi connectivity index (χ2v) is 5.11. The zero-order valence-electron chi connectivity index (χ0n) is 11.1. The predicted molar refractivity (Wildman–Crippen MR) is 66.5 cm³/mol. The normalized spacial score (nSPS) is 23.8. The second-order valence-electron chi connectivity index (χ2n) is 5.11. The van der Waals surface area contributed by atoms with Crippen LogP contribution in [0, 0.1) is 5.92 Å². The molecule has 1 aliphatic rings. The van der Waals surface area contributed by atoms with Gasteiger partial charge in [0, 0.05) is 13.1 Å². The third-order valence-electron chi connectivity index (χ3n) is 3.01. The summed E-state index contributed by atoms with van der Waals surface area (Å²) in [4.78, 5) is 25.1. The van der Waals surface area contributed by atoms with Gasteiger partial charge in [-0.1, -0.05) is 6.92 Å². The standard InChI is InChI=1S/C12H23N3O2/c1-8(2)14-10(16)7-15(4)12(17)11-9(3)5-6-13-11/h8-9,11,13H,5-7H2,1-4H3,(H,14,16). The highest BCUT2D eigenvalue weighted by atomic mass is 16.2. The minimum absolute atomic E-state index is 0.00825. The summed E-state index contributed by atoms with van der Waals surface area (Å²) in [7, 11) is 1.68. The number of hydrogen-bond acceptors (Lipinski definition) is 3. The van der Waals surface area contributed by atoms with Crippen LogP contribution in [-0.2, 0) is 9.59 Å². The molecule has 2 N–H and O–H groups in total. The average molecular weight is 241 g/mol. The Hall–Kier alpha value is -1.10. The fourth-order valence-electron chi connectivity index (χ4n) is 2.06. The molecule has 0 radical (unpaired) electrons. The molecule has 0 aromatic rings. The molecule has 0 aromatic heterocycles. The zero-order valence-corrected chi connectivity index (χ0v) is 11.1. The van der Waals surface area contributed by atoms with E-state index in [2.05, 4.69) is 17.6 Å². The van der Waals surface area contributed by atoms with Crippen molar-refractivity contribution in [1.29, 1.82) is 0 Å². The van der Waals surface area contributed by atoms with Crippen molar-refractivity contribution in [3.05, 3.63) is 0 Å². The fourth-order valence-corrected chi connectivity index (χ4v) is 2.06. The van der Waals surface area contributed by atoms with Crippen molar-refractivity contribution in [2.75, 3.05) is 20.1 Å². The molecular formula is C12H23N3O2. The molecule has 0 spiro atoms. The van der Waals surface area contributed by atoms with Crippen molar-refractivity contribution in [3.63, 3.8) is 0 Å². The Kier molecular flexibility index (Phi) is 4.93. The van der Waals surface area contributed by atoms with E-state index in [4.69, 9.17) is 0 Å². The Morgan fingerprint density at radius 2 is 2.12 bits per heavy atom. The summed E-state index contributed by atoms with van der Waals surface area (Å²) in [6.45, 7) is 6.87. The molecule has 5 nitrogen and oxygen atoms in total. The molecule has 2 amide bonds. The zero-order chi connectivity index (χ0) is 13.0. The van der Waals surface area contributed by atoms with Crippen LogP contribution in [0.5, 0.6) is 0 Å². The maximum atomic E-state index is 12.1. The smallest absolute Gasteiger partial charge is 0.240 e.